The zero-order chi connectivity index (χ0) is 8.97. The van der Waals surface area contributed by atoms with Crippen LogP contribution in [0, 0.1) is 11.3 Å². The largest absolute Gasteiger partial charge is 0.342 e. The van der Waals surface area contributed by atoms with Crippen molar-refractivity contribution >= 4 is 5.91 Å². The molecule has 0 saturated carbocycles. The SMILES string of the molecule is CONC(=O)c1ccc(C#N)[nH]1. The zero-order valence-electron chi connectivity index (χ0n) is 6.42. The number of amides is 1. The van der Waals surface area contributed by atoms with E-state index in [-0.39, 0.29) is 0 Å². The Morgan fingerprint density at radius 2 is 2.50 bits per heavy atom. The lowest BCUT2D eigenvalue weighted by Gasteiger charge is -1.97. The Kier molecular flexibility index (Phi) is 2.46. The van der Waals surface area contributed by atoms with Crippen molar-refractivity contribution in [2.75, 3.05) is 7.11 Å². The molecule has 5 nitrogen and oxygen atoms in total. The van der Waals surface area contributed by atoms with Crippen molar-refractivity contribution in [3.05, 3.63) is 23.5 Å². The summed E-state index contributed by atoms with van der Waals surface area (Å²) in [6.45, 7) is 0. The first-order chi connectivity index (χ1) is 5.77. The van der Waals surface area contributed by atoms with E-state index in [0.29, 0.717) is 11.4 Å². The van der Waals surface area contributed by atoms with Crippen molar-refractivity contribution in [1.29, 1.82) is 5.26 Å². The van der Waals surface area contributed by atoms with Crippen LogP contribution in [0.4, 0.5) is 0 Å². The molecular weight excluding hydrogens is 158 g/mol. The number of nitriles is 1. The number of nitrogens with zero attached hydrogens (tertiary/aromatic N) is 1. The van der Waals surface area contributed by atoms with Crippen molar-refractivity contribution in [3.63, 3.8) is 0 Å². The van der Waals surface area contributed by atoms with E-state index in [1.165, 1.54) is 19.2 Å². The second kappa shape index (κ2) is 3.55. The third kappa shape index (κ3) is 1.62. The zero-order valence-corrected chi connectivity index (χ0v) is 6.42. The average molecular weight is 165 g/mol. The highest BCUT2D eigenvalue weighted by Crippen LogP contribution is 1.99. The molecule has 1 amide bonds. The predicted molar refractivity (Wildman–Crippen MR) is 40.0 cm³/mol. The Morgan fingerprint density at radius 3 is 3.00 bits per heavy atom. The lowest BCUT2D eigenvalue weighted by atomic mass is 10.4. The van der Waals surface area contributed by atoms with Gasteiger partial charge in [0.15, 0.2) is 0 Å². The third-order valence-electron chi connectivity index (χ3n) is 1.25. The summed E-state index contributed by atoms with van der Waals surface area (Å²) in [5, 5.41) is 8.42. The molecular formula is C7H7N3O2. The number of nitrogens with one attached hydrogen (secondary N) is 2. The van der Waals surface area contributed by atoms with Crippen molar-refractivity contribution in [2.45, 2.75) is 0 Å². The van der Waals surface area contributed by atoms with E-state index in [0.717, 1.165) is 0 Å². The van der Waals surface area contributed by atoms with Crippen LogP contribution < -0.4 is 5.48 Å². The van der Waals surface area contributed by atoms with Crippen LogP contribution in [0.15, 0.2) is 12.1 Å². The summed E-state index contributed by atoms with van der Waals surface area (Å²) in [4.78, 5) is 18.0. The fourth-order valence-corrected chi connectivity index (χ4v) is 0.740. The Morgan fingerprint density at radius 1 is 1.75 bits per heavy atom. The van der Waals surface area contributed by atoms with Gasteiger partial charge in [-0.15, -0.1) is 0 Å². The van der Waals surface area contributed by atoms with Gasteiger partial charge < -0.3 is 4.98 Å². The molecule has 1 rings (SSSR count). The summed E-state index contributed by atoms with van der Waals surface area (Å²) in [7, 11) is 1.34. The number of carbonyl (C=O) groups excluding carboxylic acids is 1. The summed E-state index contributed by atoms with van der Waals surface area (Å²) >= 11 is 0. The van der Waals surface area contributed by atoms with E-state index in [1.54, 1.807) is 0 Å². The monoisotopic (exact) mass is 165 g/mol. The maximum atomic E-state index is 11.0. The predicted octanol–water partition coefficient (Wildman–Crippen LogP) is 0.178. The molecule has 0 fully saturated rings. The molecule has 5 heteroatoms. The number of hydrogen-bond donors (Lipinski definition) is 2. The molecule has 1 heterocycles. The van der Waals surface area contributed by atoms with Crippen LogP contribution in [0.25, 0.3) is 0 Å². The average Bonchev–Trinajstić information content (AvgIpc) is 2.52. The van der Waals surface area contributed by atoms with Crippen LogP contribution >= 0.6 is 0 Å². The van der Waals surface area contributed by atoms with Crippen LogP contribution in [0.3, 0.4) is 0 Å². The van der Waals surface area contributed by atoms with Gasteiger partial charge in [-0.25, -0.2) is 5.48 Å². The van der Waals surface area contributed by atoms with Crippen LogP contribution in [-0.2, 0) is 4.84 Å². The molecule has 0 spiro atoms. The summed E-state index contributed by atoms with van der Waals surface area (Å²) in [5.41, 5.74) is 2.76. The highest BCUT2D eigenvalue weighted by molar-refractivity contribution is 5.91. The van der Waals surface area contributed by atoms with Gasteiger partial charge in [0.2, 0.25) is 0 Å². The highest BCUT2D eigenvalue weighted by atomic mass is 16.6. The Hall–Kier alpha value is -1.80. The Bertz CT molecular complexity index is 324. The molecule has 12 heavy (non-hydrogen) atoms. The molecule has 0 aliphatic rings. The number of rotatable bonds is 2. The molecule has 0 radical (unpaired) electrons. The normalized spacial score (nSPS) is 9.00. The number of aromatic nitrogens is 1. The molecule has 1 aromatic rings. The van der Waals surface area contributed by atoms with Crippen LogP contribution in [-0.4, -0.2) is 18.0 Å². The van der Waals surface area contributed by atoms with Gasteiger partial charge in [-0.1, -0.05) is 0 Å². The van der Waals surface area contributed by atoms with Gasteiger partial charge in [-0.2, -0.15) is 5.26 Å². The minimum Gasteiger partial charge on any atom is -0.342 e. The summed E-state index contributed by atoms with van der Waals surface area (Å²) in [6.07, 6.45) is 0. The van der Waals surface area contributed by atoms with Gasteiger partial charge in [0.05, 0.1) is 7.11 Å². The number of aromatic amines is 1. The smallest absolute Gasteiger partial charge is 0.291 e. The van der Waals surface area contributed by atoms with Gasteiger partial charge in [-0.3, -0.25) is 9.63 Å². The minimum absolute atomic E-state index is 0.299. The standard InChI is InChI=1S/C7H7N3O2/c1-12-10-7(11)6-3-2-5(4-8)9-6/h2-3,9H,1H3,(H,10,11). The van der Waals surface area contributed by atoms with Crippen LogP contribution in [0.1, 0.15) is 16.2 Å². The third-order valence-corrected chi connectivity index (χ3v) is 1.25. The topological polar surface area (TPSA) is 77.9 Å². The molecule has 0 atom stereocenters. The number of H-pyrrole nitrogens is 1. The number of hydroxylamine groups is 1. The van der Waals surface area contributed by atoms with E-state index >= 15 is 0 Å². The van der Waals surface area contributed by atoms with Gasteiger partial charge in [0.25, 0.3) is 5.91 Å². The van der Waals surface area contributed by atoms with E-state index in [4.69, 9.17) is 5.26 Å². The summed E-state index contributed by atoms with van der Waals surface area (Å²) in [6, 6.07) is 4.89. The molecule has 2 N–H and O–H groups in total. The maximum Gasteiger partial charge on any atom is 0.291 e. The molecule has 62 valence electrons. The molecule has 0 bridgehead atoms. The van der Waals surface area contributed by atoms with Crippen molar-refractivity contribution in [2.24, 2.45) is 0 Å². The van der Waals surface area contributed by atoms with Crippen LogP contribution in [0.5, 0.6) is 0 Å². The van der Waals surface area contributed by atoms with Crippen molar-refractivity contribution in [3.8, 4) is 6.07 Å². The maximum absolute atomic E-state index is 11.0. The summed E-state index contributed by atoms with van der Waals surface area (Å²) < 4.78 is 0. The second-order valence-corrected chi connectivity index (χ2v) is 2.03. The quantitative estimate of drug-likeness (QED) is 0.613. The second-order valence-electron chi connectivity index (χ2n) is 2.03. The van der Waals surface area contributed by atoms with Crippen molar-refractivity contribution in [1.82, 2.24) is 10.5 Å². The Balaban J connectivity index is 2.76. The first kappa shape index (κ1) is 8.30. The molecule has 0 unspecified atom stereocenters. The molecule has 0 saturated heterocycles. The minimum atomic E-state index is -0.404. The van der Waals surface area contributed by atoms with Gasteiger partial charge >= 0.3 is 0 Å². The molecule has 0 aliphatic heterocycles. The molecule has 0 aliphatic carbocycles. The highest BCUT2D eigenvalue weighted by Gasteiger charge is 2.06. The molecule has 0 aromatic carbocycles. The summed E-state index contributed by atoms with van der Waals surface area (Å²) in [5.74, 6) is -0.404. The van der Waals surface area contributed by atoms with E-state index in [9.17, 15) is 4.79 Å². The van der Waals surface area contributed by atoms with E-state index in [1.807, 2.05) is 6.07 Å². The lowest BCUT2D eigenvalue weighted by Crippen LogP contribution is -2.22. The van der Waals surface area contributed by atoms with Crippen LogP contribution in [0.2, 0.25) is 0 Å². The Labute approximate surface area is 68.9 Å². The fourth-order valence-electron chi connectivity index (χ4n) is 0.740. The number of hydrogen-bond acceptors (Lipinski definition) is 3. The lowest BCUT2D eigenvalue weighted by molar-refractivity contribution is 0.0533. The first-order valence-electron chi connectivity index (χ1n) is 3.20. The first-order valence-corrected chi connectivity index (χ1v) is 3.20. The van der Waals surface area contributed by atoms with Gasteiger partial charge in [-0.05, 0) is 12.1 Å². The fraction of sp³-hybridized carbons (Fsp3) is 0.143. The number of carbonyl (C=O) groups is 1. The van der Waals surface area contributed by atoms with Gasteiger partial charge in [0.1, 0.15) is 17.5 Å². The van der Waals surface area contributed by atoms with E-state index in [2.05, 4.69) is 15.3 Å². The van der Waals surface area contributed by atoms with Crippen molar-refractivity contribution < 1.29 is 9.63 Å². The van der Waals surface area contributed by atoms with E-state index < -0.39 is 5.91 Å². The van der Waals surface area contributed by atoms with Gasteiger partial charge in [0, 0.05) is 0 Å². The molecule has 1 aromatic heterocycles.